The largest absolute Gasteiger partial charge is 0.398 e. The van der Waals surface area contributed by atoms with Gasteiger partial charge in [0.25, 0.3) is 0 Å². The van der Waals surface area contributed by atoms with Crippen molar-refractivity contribution >= 4 is 16.5 Å². The summed E-state index contributed by atoms with van der Waals surface area (Å²) in [6, 6.07) is 0. The number of hydrogen-bond acceptors (Lipinski definition) is 3. The zero-order valence-electron chi connectivity index (χ0n) is 10.5. The van der Waals surface area contributed by atoms with Crippen molar-refractivity contribution < 1.29 is 4.21 Å². The average molecular weight is 252 g/mol. The summed E-state index contributed by atoms with van der Waals surface area (Å²) in [5, 5.41) is 0.374. The monoisotopic (exact) mass is 252 g/mol. The van der Waals surface area contributed by atoms with E-state index in [0.717, 1.165) is 35.3 Å². The summed E-state index contributed by atoms with van der Waals surface area (Å²) >= 11 is 0. The third kappa shape index (κ3) is 2.68. The van der Waals surface area contributed by atoms with Gasteiger partial charge in [0.05, 0.1) is 11.4 Å². The van der Waals surface area contributed by atoms with E-state index >= 15 is 0 Å². The molecule has 94 valence electrons. The highest BCUT2D eigenvalue weighted by atomic mass is 32.2. The molecule has 1 atom stereocenters. The standard InChI is InChI=1S/C13H20N2OS/c1-9-7-15-12(10(2)13(9)14)8-17(16)11-5-3-4-6-11/h7,11H,3-6,8H2,1-2H3,(H2,14,15). The van der Waals surface area contributed by atoms with Gasteiger partial charge >= 0.3 is 0 Å². The van der Waals surface area contributed by atoms with E-state index in [0.29, 0.717) is 11.0 Å². The predicted molar refractivity (Wildman–Crippen MR) is 72.2 cm³/mol. The minimum atomic E-state index is -0.790. The predicted octanol–water partition coefficient (Wildman–Crippen LogP) is 2.47. The lowest BCUT2D eigenvalue weighted by molar-refractivity contribution is 0.668. The molecular weight excluding hydrogens is 232 g/mol. The van der Waals surface area contributed by atoms with Crippen molar-refractivity contribution in [1.82, 2.24) is 4.98 Å². The molecule has 1 aliphatic rings. The lowest BCUT2D eigenvalue weighted by Crippen LogP contribution is -2.14. The first-order valence-corrected chi connectivity index (χ1v) is 7.55. The van der Waals surface area contributed by atoms with E-state index in [4.69, 9.17) is 5.73 Å². The SMILES string of the molecule is Cc1cnc(CS(=O)C2CCCC2)c(C)c1N. The van der Waals surface area contributed by atoms with Gasteiger partial charge in [0, 0.05) is 27.9 Å². The zero-order chi connectivity index (χ0) is 12.4. The molecule has 0 saturated heterocycles. The molecular formula is C13H20N2OS. The van der Waals surface area contributed by atoms with Gasteiger partial charge in [-0.25, -0.2) is 0 Å². The molecule has 1 aromatic heterocycles. The van der Waals surface area contributed by atoms with Crippen LogP contribution in [0, 0.1) is 13.8 Å². The van der Waals surface area contributed by atoms with Crippen LogP contribution in [0.5, 0.6) is 0 Å². The van der Waals surface area contributed by atoms with Crippen LogP contribution in [-0.2, 0) is 16.6 Å². The average Bonchev–Trinajstić information content (AvgIpc) is 2.83. The van der Waals surface area contributed by atoms with E-state index in [9.17, 15) is 4.21 Å². The maximum atomic E-state index is 12.2. The highest BCUT2D eigenvalue weighted by molar-refractivity contribution is 7.84. The van der Waals surface area contributed by atoms with E-state index in [-0.39, 0.29) is 0 Å². The lowest BCUT2D eigenvalue weighted by atomic mass is 10.1. The Bertz CT molecular complexity index is 439. The minimum absolute atomic E-state index is 0.374. The Morgan fingerprint density at radius 3 is 2.71 bits per heavy atom. The van der Waals surface area contributed by atoms with Crippen LogP contribution in [0.25, 0.3) is 0 Å². The molecule has 1 heterocycles. The molecule has 0 bridgehead atoms. The number of pyridine rings is 1. The molecule has 0 aliphatic heterocycles. The second kappa shape index (κ2) is 5.17. The maximum absolute atomic E-state index is 12.2. The van der Waals surface area contributed by atoms with Crippen LogP contribution in [0.1, 0.15) is 42.5 Å². The Morgan fingerprint density at radius 2 is 2.06 bits per heavy atom. The van der Waals surface area contributed by atoms with E-state index in [1.165, 1.54) is 12.8 Å². The summed E-state index contributed by atoms with van der Waals surface area (Å²) in [5.74, 6) is 0.557. The number of hydrogen-bond donors (Lipinski definition) is 1. The van der Waals surface area contributed by atoms with Gasteiger partial charge in [-0.05, 0) is 37.8 Å². The second-order valence-electron chi connectivity index (χ2n) is 4.86. The molecule has 1 fully saturated rings. The van der Waals surface area contributed by atoms with Gasteiger partial charge < -0.3 is 5.73 Å². The molecule has 1 unspecified atom stereocenters. The van der Waals surface area contributed by atoms with Crippen LogP contribution >= 0.6 is 0 Å². The summed E-state index contributed by atoms with van der Waals surface area (Å²) in [5.41, 5.74) is 9.66. The molecule has 2 N–H and O–H groups in total. The normalized spacial score (nSPS) is 18.5. The highest BCUT2D eigenvalue weighted by Crippen LogP contribution is 2.26. The number of rotatable bonds is 3. The number of nitrogens with zero attached hydrogens (tertiary/aromatic N) is 1. The van der Waals surface area contributed by atoms with Gasteiger partial charge in [0.1, 0.15) is 0 Å². The molecule has 0 radical (unpaired) electrons. The zero-order valence-corrected chi connectivity index (χ0v) is 11.3. The van der Waals surface area contributed by atoms with Gasteiger partial charge in [-0.15, -0.1) is 0 Å². The fourth-order valence-corrected chi connectivity index (χ4v) is 4.00. The molecule has 0 aromatic carbocycles. The summed E-state index contributed by atoms with van der Waals surface area (Å²) in [4.78, 5) is 4.38. The van der Waals surface area contributed by atoms with E-state index in [2.05, 4.69) is 4.98 Å². The molecule has 4 heteroatoms. The Morgan fingerprint density at radius 1 is 1.41 bits per heavy atom. The summed E-state index contributed by atoms with van der Waals surface area (Å²) in [6.07, 6.45) is 6.43. The first-order valence-electron chi connectivity index (χ1n) is 6.17. The third-order valence-corrected chi connectivity index (χ3v) is 5.40. The van der Waals surface area contributed by atoms with Crippen LogP contribution in [0.15, 0.2) is 6.20 Å². The fourth-order valence-electron chi connectivity index (χ4n) is 2.34. The van der Waals surface area contributed by atoms with Gasteiger partial charge in [-0.1, -0.05) is 12.8 Å². The maximum Gasteiger partial charge on any atom is 0.0665 e. The highest BCUT2D eigenvalue weighted by Gasteiger charge is 2.22. The van der Waals surface area contributed by atoms with Crippen LogP contribution in [-0.4, -0.2) is 14.4 Å². The summed E-state index contributed by atoms with van der Waals surface area (Å²) in [6.45, 7) is 3.92. The number of nitrogens with two attached hydrogens (primary N) is 1. The van der Waals surface area contributed by atoms with Crippen LogP contribution in [0.3, 0.4) is 0 Å². The first-order chi connectivity index (χ1) is 8.09. The topological polar surface area (TPSA) is 56.0 Å². The molecule has 1 aliphatic carbocycles. The number of aromatic nitrogens is 1. The smallest absolute Gasteiger partial charge is 0.0665 e. The fraction of sp³-hybridized carbons (Fsp3) is 0.615. The summed E-state index contributed by atoms with van der Waals surface area (Å²) < 4.78 is 12.2. The third-order valence-electron chi connectivity index (χ3n) is 3.63. The van der Waals surface area contributed by atoms with Gasteiger partial charge in [0.15, 0.2) is 0 Å². The Labute approximate surface area is 105 Å². The van der Waals surface area contributed by atoms with Crippen molar-refractivity contribution in [3.8, 4) is 0 Å². The van der Waals surface area contributed by atoms with E-state index in [1.54, 1.807) is 6.20 Å². The van der Waals surface area contributed by atoms with Crippen molar-refractivity contribution in [1.29, 1.82) is 0 Å². The van der Waals surface area contributed by atoms with Crippen molar-refractivity contribution in [3.63, 3.8) is 0 Å². The van der Waals surface area contributed by atoms with E-state index < -0.39 is 10.8 Å². The number of anilines is 1. The van der Waals surface area contributed by atoms with Crippen LogP contribution < -0.4 is 5.73 Å². The summed E-state index contributed by atoms with van der Waals surface area (Å²) in [7, 11) is -0.790. The molecule has 0 spiro atoms. The van der Waals surface area contributed by atoms with Gasteiger partial charge in [-0.3, -0.25) is 9.19 Å². The van der Waals surface area contributed by atoms with E-state index in [1.807, 2.05) is 13.8 Å². The van der Waals surface area contributed by atoms with Crippen molar-refractivity contribution in [2.75, 3.05) is 5.73 Å². The van der Waals surface area contributed by atoms with Crippen LogP contribution in [0.2, 0.25) is 0 Å². The number of aryl methyl sites for hydroxylation is 1. The molecule has 1 saturated carbocycles. The van der Waals surface area contributed by atoms with Crippen LogP contribution in [0.4, 0.5) is 5.69 Å². The minimum Gasteiger partial charge on any atom is -0.398 e. The molecule has 0 amide bonds. The van der Waals surface area contributed by atoms with Crippen molar-refractivity contribution in [2.45, 2.75) is 50.5 Å². The molecule has 1 aromatic rings. The number of nitrogen functional groups attached to an aromatic ring is 1. The molecule has 2 rings (SSSR count). The lowest BCUT2D eigenvalue weighted by Gasteiger charge is -2.12. The molecule has 17 heavy (non-hydrogen) atoms. The Balaban J connectivity index is 2.13. The van der Waals surface area contributed by atoms with Gasteiger partial charge in [0.2, 0.25) is 0 Å². The van der Waals surface area contributed by atoms with Gasteiger partial charge in [-0.2, -0.15) is 0 Å². The molecule has 3 nitrogen and oxygen atoms in total. The first kappa shape index (κ1) is 12.6. The Kier molecular flexibility index (Phi) is 3.82. The second-order valence-corrected chi connectivity index (χ2v) is 6.57. The quantitative estimate of drug-likeness (QED) is 0.899. The van der Waals surface area contributed by atoms with Crippen molar-refractivity contribution in [3.05, 3.63) is 23.0 Å². The van der Waals surface area contributed by atoms with Crippen molar-refractivity contribution in [2.24, 2.45) is 0 Å². The Hall–Kier alpha value is -0.900.